The van der Waals surface area contributed by atoms with E-state index in [1.807, 2.05) is 0 Å². The molecule has 0 rings (SSSR count). The molecule has 6 heteroatoms. The van der Waals surface area contributed by atoms with Crippen LogP contribution in [-0.4, -0.2) is 37.2 Å². The van der Waals surface area contributed by atoms with Crippen LogP contribution in [0.25, 0.3) is 0 Å². The molecule has 0 aromatic carbocycles. The maximum Gasteiger partial charge on any atom is 0.306 e. The van der Waals surface area contributed by atoms with Gasteiger partial charge >= 0.3 is 17.9 Å². The lowest BCUT2D eigenvalue weighted by Gasteiger charge is -2.18. The molecule has 0 aromatic rings. The molecule has 0 spiro atoms. The van der Waals surface area contributed by atoms with Crippen molar-refractivity contribution in [3.05, 3.63) is 24.3 Å². The molecule has 0 amide bonds. The fourth-order valence-electron chi connectivity index (χ4n) is 11.6. The van der Waals surface area contributed by atoms with E-state index in [0.29, 0.717) is 19.3 Å². The molecule has 0 radical (unpaired) electrons. The van der Waals surface area contributed by atoms with Crippen LogP contribution in [0.5, 0.6) is 0 Å². The molecule has 1 atom stereocenters. The molecule has 0 fully saturated rings. The van der Waals surface area contributed by atoms with Gasteiger partial charge in [-0.05, 0) is 51.4 Å². The number of hydrogen-bond donors (Lipinski definition) is 0. The highest BCUT2D eigenvalue weighted by molar-refractivity contribution is 5.71. The maximum atomic E-state index is 13.0. The lowest BCUT2D eigenvalue weighted by atomic mass is 10.0. The first kappa shape index (κ1) is 79.9. The highest BCUT2D eigenvalue weighted by atomic mass is 16.6. The summed E-state index contributed by atoms with van der Waals surface area (Å²) in [4.78, 5) is 38.5. The van der Waals surface area contributed by atoms with Crippen molar-refractivity contribution in [3.63, 3.8) is 0 Å². The number of unbranched alkanes of at least 4 members (excludes halogenated alkanes) is 55. The predicted molar refractivity (Wildman–Crippen MR) is 358 cm³/mol. The van der Waals surface area contributed by atoms with E-state index in [-0.39, 0.29) is 31.1 Å². The van der Waals surface area contributed by atoms with E-state index < -0.39 is 6.10 Å². The molecule has 0 aliphatic heterocycles. The van der Waals surface area contributed by atoms with Crippen LogP contribution in [0, 0.1) is 0 Å². The summed E-state index contributed by atoms with van der Waals surface area (Å²) in [5.74, 6) is -0.848. The Labute approximate surface area is 513 Å². The summed E-state index contributed by atoms with van der Waals surface area (Å²) in [6.45, 7) is 6.70. The summed E-state index contributed by atoms with van der Waals surface area (Å²) in [5, 5.41) is 0. The molecule has 0 N–H and O–H groups in total. The lowest BCUT2D eigenvalue weighted by Crippen LogP contribution is -2.30. The Morgan fingerprint density at radius 1 is 0.244 bits per heavy atom. The van der Waals surface area contributed by atoms with Crippen molar-refractivity contribution in [2.75, 3.05) is 13.2 Å². The molecular formula is C76H144O6. The second-order valence-corrected chi connectivity index (χ2v) is 25.6. The number of hydrogen-bond acceptors (Lipinski definition) is 6. The molecule has 0 aliphatic carbocycles. The third-order valence-electron chi connectivity index (χ3n) is 17.2. The Balaban J connectivity index is 4.18. The second-order valence-electron chi connectivity index (χ2n) is 25.6. The van der Waals surface area contributed by atoms with Crippen molar-refractivity contribution in [3.8, 4) is 0 Å². The van der Waals surface area contributed by atoms with E-state index in [1.165, 1.54) is 308 Å². The lowest BCUT2D eigenvalue weighted by molar-refractivity contribution is -0.167. The Hall–Kier alpha value is -2.11. The monoisotopic (exact) mass is 1150 g/mol. The van der Waals surface area contributed by atoms with Gasteiger partial charge in [-0.1, -0.05) is 379 Å². The second kappa shape index (κ2) is 71.4. The zero-order valence-electron chi connectivity index (χ0n) is 55.8. The van der Waals surface area contributed by atoms with Gasteiger partial charge in [-0.15, -0.1) is 0 Å². The van der Waals surface area contributed by atoms with Crippen LogP contribution in [0.2, 0.25) is 0 Å². The first-order chi connectivity index (χ1) is 40.5. The van der Waals surface area contributed by atoms with Crippen LogP contribution in [0.1, 0.15) is 425 Å². The Kier molecular flexibility index (Phi) is 69.5. The van der Waals surface area contributed by atoms with E-state index in [0.717, 1.165) is 77.0 Å². The fourth-order valence-corrected chi connectivity index (χ4v) is 11.6. The number of carbonyl (C=O) groups is 3. The van der Waals surface area contributed by atoms with Crippen molar-refractivity contribution in [1.82, 2.24) is 0 Å². The summed E-state index contributed by atoms with van der Waals surface area (Å²) in [7, 11) is 0. The van der Waals surface area contributed by atoms with Crippen LogP contribution in [0.15, 0.2) is 24.3 Å². The first-order valence-corrected chi connectivity index (χ1v) is 37.3. The third-order valence-corrected chi connectivity index (χ3v) is 17.2. The van der Waals surface area contributed by atoms with Crippen LogP contribution in [0.3, 0.4) is 0 Å². The number of esters is 3. The van der Waals surface area contributed by atoms with Crippen molar-refractivity contribution in [2.45, 2.75) is 431 Å². The number of rotatable bonds is 70. The van der Waals surface area contributed by atoms with Crippen LogP contribution in [-0.2, 0) is 28.6 Å². The molecule has 6 nitrogen and oxygen atoms in total. The van der Waals surface area contributed by atoms with Gasteiger partial charge in [0.05, 0.1) is 0 Å². The Bertz CT molecular complexity index is 1320. The van der Waals surface area contributed by atoms with E-state index in [2.05, 4.69) is 45.1 Å². The SMILES string of the molecule is CCCCCC/C=C\C/C=C\CCCCCCCC(=O)OCC(COC(=O)CCCCCCCCCCCCCCCCCCCCCCCCCCCCCCCC)OC(=O)CCCCCCCCCCCCCCCCCCCC. The molecule has 0 saturated heterocycles. The summed E-state index contributed by atoms with van der Waals surface area (Å²) >= 11 is 0. The highest BCUT2D eigenvalue weighted by Crippen LogP contribution is 2.19. The van der Waals surface area contributed by atoms with Crippen molar-refractivity contribution < 1.29 is 28.6 Å². The summed E-state index contributed by atoms with van der Waals surface area (Å²) < 4.78 is 17.0. The normalized spacial score (nSPS) is 12.1. The minimum Gasteiger partial charge on any atom is -0.462 e. The van der Waals surface area contributed by atoms with Gasteiger partial charge in [0.2, 0.25) is 0 Å². The van der Waals surface area contributed by atoms with E-state index >= 15 is 0 Å². The van der Waals surface area contributed by atoms with Gasteiger partial charge in [0.1, 0.15) is 13.2 Å². The molecule has 0 aromatic heterocycles. The van der Waals surface area contributed by atoms with E-state index in [9.17, 15) is 14.4 Å². The average Bonchev–Trinajstić information content (AvgIpc) is 3.47. The van der Waals surface area contributed by atoms with Crippen molar-refractivity contribution in [2.24, 2.45) is 0 Å². The molecule has 0 bridgehead atoms. The standard InChI is InChI=1S/C76H144O6/c1-4-7-10-13-16-19-22-25-28-31-33-34-35-36-37-38-39-40-41-42-43-44-46-48-51-54-57-60-63-66-69-75(78)81-72-73(71-80-74(77)68-65-62-59-56-53-50-47-30-27-24-21-18-15-12-9-6-3)82-76(79)70-67-64-61-58-55-52-49-45-32-29-26-23-20-17-14-11-8-5-2/h21,24,30,47,73H,4-20,22-23,25-29,31-46,48-72H2,1-3H3/b24-21-,47-30-. The molecular weight excluding hydrogens is 1010 g/mol. The predicted octanol–water partition coefficient (Wildman–Crippen LogP) is 25.7. The van der Waals surface area contributed by atoms with Crippen LogP contribution >= 0.6 is 0 Å². The van der Waals surface area contributed by atoms with Gasteiger partial charge in [0.15, 0.2) is 6.10 Å². The maximum absolute atomic E-state index is 13.0. The molecule has 82 heavy (non-hydrogen) atoms. The van der Waals surface area contributed by atoms with E-state index in [1.54, 1.807) is 0 Å². The molecule has 0 heterocycles. The molecule has 0 saturated carbocycles. The summed E-state index contributed by atoms with van der Waals surface area (Å²) in [6.07, 6.45) is 88.0. The minimum atomic E-state index is -0.774. The zero-order valence-corrected chi connectivity index (χ0v) is 55.8. The Morgan fingerprint density at radius 3 is 0.683 bits per heavy atom. The van der Waals surface area contributed by atoms with Crippen molar-refractivity contribution >= 4 is 17.9 Å². The fraction of sp³-hybridized carbons (Fsp3) is 0.908. The molecule has 1 unspecified atom stereocenters. The smallest absolute Gasteiger partial charge is 0.306 e. The van der Waals surface area contributed by atoms with Gasteiger partial charge in [0, 0.05) is 19.3 Å². The Morgan fingerprint density at radius 2 is 0.439 bits per heavy atom. The summed E-state index contributed by atoms with van der Waals surface area (Å²) in [6, 6.07) is 0. The quantitative estimate of drug-likeness (QED) is 0.0261. The zero-order chi connectivity index (χ0) is 59.2. The third kappa shape index (κ3) is 68.7. The summed E-state index contributed by atoms with van der Waals surface area (Å²) in [5.41, 5.74) is 0. The number of ether oxygens (including phenoxy) is 3. The average molecular weight is 1150 g/mol. The highest BCUT2D eigenvalue weighted by Gasteiger charge is 2.20. The first-order valence-electron chi connectivity index (χ1n) is 37.3. The van der Waals surface area contributed by atoms with Gasteiger partial charge in [-0.2, -0.15) is 0 Å². The van der Waals surface area contributed by atoms with Crippen LogP contribution in [0.4, 0.5) is 0 Å². The molecule has 484 valence electrons. The number of allylic oxidation sites excluding steroid dienone is 4. The minimum absolute atomic E-state index is 0.0691. The molecule has 0 aliphatic rings. The van der Waals surface area contributed by atoms with E-state index in [4.69, 9.17) is 14.2 Å². The topological polar surface area (TPSA) is 78.9 Å². The van der Waals surface area contributed by atoms with Gasteiger partial charge in [-0.25, -0.2) is 0 Å². The van der Waals surface area contributed by atoms with Gasteiger partial charge in [0.25, 0.3) is 0 Å². The number of carbonyl (C=O) groups excluding carboxylic acids is 3. The van der Waals surface area contributed by atoms with Crippen LogP contribution < -0.4 is 0 Å². The van der Waals surface area contributed by atoms with Gasteiger partial charge in [-0.3, -0.25) is 14.4 Å². The van der Waals surface area contributed by atoms with Crippen molar-refractivity contribution in [1.29, 1.82) is 0 Å². The van der Waals surface area contributed by atoms with Gasteiger partial charge < -0.3 is 14.2 Å². The largest absolute Gasteiger partial charge is 0.462 e.